The molecular weight excluding hydrogens is 326 g/mol. The molecule has 1 heterocycles. The van der Waals surface area contributed by atoms with Crippen LogP contribution < -0.4 is 15.8 Å². The Kier molecular flexibility index (Phi) is 6.12. The van der Waals surface area contributed by atoms with Gasteiger partial charge in [0.25, 0.3) is 0 Å². The van der Waals surface area contributed by atoms with E-state index in [-0.39, 0.29) is 5.41 Å². The molecule has 0 aliphatic carbocycles. The molecule has 3 N–H and O–H groups in total. The highest BCUT2D eigenvalue weighted by molar-refractivity contribution is 5.92. The first kappa shape index (κ1) is 18.3. The molecule has 0 saturated carbocycles. The van der Waals surface area contributed by atoms with Crippen LogP contribution in [-0.2, 0) is 10.2 Å². The van der Waals surface area contributed by atoms with Crippen LogP contribution >= 0.6 is 0 Å². The third kappa shape index (κ3) is 4.55. The maximum Gasteiger partial charge on any atom is 0.193 e. The maximum absolute atomic E-state index is 6.11. The molecular formula is C21H27N3O2. The largest absolute Gasteiger partial charge is 0.494 e. The third-order valence-electron chi connectivity index (χ3n) is 4.83. The van der Waals surface area contributed by atoms with Crippen molar-refractivity contribution in [1.82, 2.24) is 0 Å². The zero-order valence-corrected chi connectivity index (χ0v) is 15.3. The number of aliphatic imine (C=N–C) groups is 1. The number of ether oxygens (including phenoxy) is 2. The number of para-hydroxylation sites is 1. The Morgan fingerprint density at radius 3 is 2.46 bits per heavy atom. The molecule has 5 nitrogen and oxygen atoms in total. The molecule has 0 radical (unpaired) electrons. The summed E-state index contributed by atoms with van der Waals surface area (Å²) in [7, 11) is 0. The topological polar surface area (TPSA) is 68.9 Å². The van der Waals surface area contributed by atoms with Crippen LogP contribution in [0.15, 0.2) is 59.6 Å². The van der Waals surface area contributed by atoms with Gasteiger partial charge in [0.2, 0.25) is 0 Å². The van der Waals surface area contributed by atoms with Crippen LogP contribution in [0.3, 0.4) is 0 Å². The van der Waals surface area contributed by atoms with Crippen molar-refractivity contribution in [2.45, 2.75) is 25.2 Å². The van der Waals surface area contributed by atoms with Crippen molar-refractivity contribution in [2.24, 2.45) is 10.7 Å². The highest BCUT2D eigenvalue weighted by atomic mass is 16.5. The summed E-state index contributed by atoms with van der Waals surface area (Å²) in [5.41, 5.74) is 8.27. The van der Waals surface area contributed by atoms with E-state index in [0.717, 1.165) is 37.5 Å². The van der Waals surface area contributed by atoms with Crippen LogP contribution in [0.2, 0.25) is 0 Å². The van der Waals surface area contributed by atoms with E-state index in [1.54, 1.807) is 0 Å². The minimum absolute atomic E-state index is 0.0496. The minimum atomic E-state index is -0.0496. The van der Waals surface area contributed by atoms with Gasteiger partial charge in [-0.3, -0.25) is 4.99 Å². The Hall–Kier alpha value is -2.53. The van der Waals surface area contributed by atoms with Crippen LogP contribution in [0.1, 0.15) is 25.3 Å². The zero-order chi connectivity index (χ0) is 18.2. The van der Waals surface area contributed by atoms with Gasteiger partial charge >= 0.3 is 0 Å². The van der Waals surface area contributed by atoms with Gasteiger partial charge in [-0.1, -0.05) is 30.3 Å². The number of rotatable bonds is 6. The van der Waals surface area contributed by atoms with Crippen molar-refractivity contribution in [1.29, 1.82) is 0 Å². The summed E-state index contributed by atoms with van der Waals surface area (Å²) in [5, 5.41) is 3.15. The van der Waals surface area contributed by atoms with E-state index < -0.39 is 0 Å². The van der Waals surface area contributed by atoms with E-state index in [0.29, 0.717) is 19.1 Å². The second kappa shape index (κ2) is 8.72. The predicted molar refractivity (Wildman–Crippen MR) is 106 cm³/mol. The summed E-state index contributed by atoms with van der Waals surface area (Å²) < 4.78 is 11.2. The number of hydrogen-bond donors (Lipinski definition) is 2. The highest BCUT2D eigenvalue weighted by Crippen LogP contribution is 2.36. The molecule has 26 heavy (non-hydrogen) atoms. The number of guanidine groups is 1. The highest BCUT2D eigenvalue weighted by Gasteiger charge is 2.34. The monoisotopic (exact) mass is 353 g/mol. The van der Waals surface area contributed by atoms with E-state index in [1.807, 2.05) is 49.4 Å². The van der Waals surface area contributed by atoms with Crippen LogP contribution in [0.25, 0.3) is 0 Å². The third-order valence-corrected chi connectivity index (χ3v) is 4.83. The molecule has 0 atom stereocenters. The standard InChI is InChI=1S/C21H27N3O2/c1-2-26-19-10-8-17(9-11-19)21(12-14-25-15-13-21)16-23-20(22)24-18-6-4-3-5-7-18/h3-11H,2,12-16H2,1H3,(H3,22,23,24). The summed E-state index contributed by atoms with van der Waals surface area (Å²) in [6.07, 6.45) is 1.87. The Morgan fingerprint density at radius 1 is 1.12 bits per heavy atom. The molecule has 2 aromatic rings. The van der Waals surface area contributed by atoms with Crippen molar-refractivity contribution in [3.8, 4) is 5.75 Å². The van der Waals surface area contributed by atoms with E-state index in [4.69, 9.17) is 15.2 Å². The molecule has 0 unspecified atom stereocenters. The molecule has 5 heteroatoms. The van der Waals surface area contributed by atoms with Crippen molar-refractivity contribution in [3.63, 3.8) is 0 Å². The Morgan fingerprint density at radius 2 is 1.81 bits per heavy atom. The zero-order valence-electron chi connectivity index (χ0n) is 15.3. The van der Waals surface area contributed by atoms with Crippen molar-refractivity contribution >= 4 is 11.6 Å². The van der Waals surface area contributed by atoms with E-state index in [2.05, 4.69) is 22.4 Å². The summed E-state index contributed by atoms with van der Waals surface area (Å²) >= 11 is 0. The molecule has 0 amide bonds. The number of nitrogens with one attached hydrogen (secondary N) is 1. The Labute approximate surface area is 155 Å². The fourth-order valence-electron chi connectivity index (χ4n) is 3.32. The lowest BCUT2D eigenvalue weighted by Crippen LogP contribution is -2.38. The molecule has 138 valence electrons. The first-order valence-electron chi connectivity index (χ1n) is 9.15. The Balaban J connectivity index is 1.75. The lowest BCUT2D eigenvalue weighted by molar-refractivity contribution is 0.0531. The van der Waals surface area contributed by atoms with Gasteiger partial charge in [-0.25, -0.2) is 0 Å². The van der Waals surface area contributed by atoms with Crippen molar-refractivity contribution in [2.75, 3.05) is 31.7 Å². The Bertz CT molecular complexity index is 708. The van der Waals surface area contributed by atoms with Gasteiger partial charge in [-0.15, -0.1) is 0 Å². The molecule has 1 saturated heterocycles. The summed E-state index contributed by atoms with van der Waals surface area (Å²) in [6.45, 7) is 4.79. The van der Waals surface area contributed by atoms with E-state index in [1.165, 1.54) is 5.56 Å². The van der Waals surface area contributed by atoms with Crippen LogP contribution in [0, 0.1) is 0 Å². The smallest absolute Gasteiger partial charge is 0.193 e. The second-order valence-electron chi connectivity index (χ2n) is 6.54. The quantitative estimate of drug-likeness (QED) is 0.615. The average Bonchev–Trinajstić information content (AvgIpc) is 2.69. The molecule has 1 aliphatic heterocycles. The second-order valence-corrected chi connectivity index (χ2v) is 6.54. The molecule has 3 rings (SSSR count). The van der Waals surface area contributed by atoms with Crippen LogP contribution in [0.4, 0.5) is 5.69 Å². The number of nitrogens with zero attached hydrogens (tertiary/aromatic N) is 1. The molecule has 1 fully saturated rings. The molecule has 2 aromatic carbocycles. The first-order chi connectivity index (χ1) is 12.7. The van der Waals surface area contributed by atoms with E-state index in [9.17, 15) is 0 Å². The summed E-state index contributed by atoms with van der Waals surface area (Å²) in [4.78, 5) is 4.65. The molecule has 0 bridgehead atoms. The van der Waals surface area contributed by atoms with Crippen molar-refractivity contribution in [3.05, 3.63) is 60.2 Å². The molecule has 0 spiro atoms. The van der Waals surface area contributed by atoms with Gasteiger partial charge in [-0.2, -0.15) is 0 Å². The SMILES string of the molecule is CCOc1ccc(C2(CN=C(N)Nc3ccccc3)CCOCC2)cc1. The van der Waals surface area contributed by atoms with Gasteiger partial charge in [0.05, 0.1) is 13.2 Å². The number of nitrogens with two attached hydrogens (primary N) is 1. The average molecular weight is 353 g/mol. The van der Waals surface area contributed by atoms with Crippen LogP contribution in [0.5, 0.6) is 5.75 Å². The molecule has 0 aromatic heterocycles. The fraction of sp³-hybridized carbons (Fsp3) is 0.381. The van der Waals surface area contributed by atoms with Gasteiger partial charge in [-0.05, 0) is 49.6 Å². The maximum atomic E-state index is 6.11. The van der Waals surface area contributed by atoms with Crippen molar-refractivity contribution < 1.29 is 9.47 Å². The minimum Gasteiger partial charge on any atom is -0.494 e. The van der Waals surface area contributed by atoms with Crippen LogP contribution in [-0.4, -0.2) is 32.3 Å². The lowest BCUT2D eigenvalue weighted by Gasteiger charge is -2.36. The van der Waals surface area contributed by atoms with Gasteiger partial charge in [0.15, 0.2) is 5.96 Å². The first-order valence-corrected chi connectivity index (χ1v) is 9.15. The number of hydrogen-bond acceptors (Lipinski definition) is 3. The normalized spacial score (nSPS) is 16.9. The fourth-order valence-corrected chi connectivity index (χ4v) is 3.32. The van der Waals surface area contributed by atoms with Gasteiger partial charge in [0.1, 0.15) is 5.75 Å². The van der Waals surface area contributed by atoms with Gasteiger partial charge in [0, 0.05) is 24.3 Å². The molecule has 1 aliphatic rings. The van der Waals surface area contributed by atoms with E-state index >= 15 is 0 Å². The van der Waals surface area contributed by atoms with Gasteiger partial charge < -0.3 is 20.5 Å². The summed E-state index contributed by atoms with van der Waals surface area (Å²) in [5.74, 6) is 1.33. The number of anilines is 1. The summed E-state index contributed by atoms with van der Waals surface area (Å²) in [6, 6.07) is 18.2. The predicted octanol–water partition coefficient (Wildman–Crippen LogP) is 3.56. The number of benzene rings is 2. The lowest BCUT2D eigenvalue weighted by atomic mass is 9.74.